The van der Waals surface area contributed by atoms with E-state index in [4.69, 9.17) is 10.7 Å². The molecule has 2 aliphatic rings. The van der Waals surface area contributed by atoms with Gasteiger partial charge in [0.05, 0.1) is 5.69 Å². The number of nitrogens with two attached hydrogens (primary N) is 1. The van der Waals surface area contributed by atoms with E-state index in [0.29, 0.717) is 16.6 Å². The van der Waals surface area contributed by atoms with Crippen molar-refractivity contribution >= 4 is 33.1 Å². The highest BCUT2D eigenvalue weighted by atomic mass is 32.1. The smallest absolute Gasteiger partial charge is 0.263 e. The topological polar surface area (TPSA) is 68.0 Å². The van der Waals surface area contributed by atoms with Crippen molar-refractivity contribution in [1.29, 1.82) is 0 Å². The van der Waals surface area contributed by atoms with E-state index in [1.807, 2.05) is 0 Å². The first kappa shape index (κ1) is 15.9. The monoisotopic (exact) mass is 343 g/mol. The predicted molar refractivity (Wildman–Crippen MR) is 99.6 cm³/mol. The van der Waals surface area contributed by atoms with E-state index in [1.165, 1.54) is 61.1 Å². The first-order valence-corrected chi connectivity index (χ1v) is 10.1. The maximum atomic E-state index is 12.6. The van der Waals surface area contributed by atoms with Gasteiger partial charge in [-0.3, -0.25) is 4.79 Å². The molecule has 2 aromatic rings. The molecule has 2 heterocycles. The summed E-state index contributed by atoms with van der Waals surface area (Å²) in [5, 5.41) is 4.12. The summed E-state index contributed by atoms with van der Waals surface area (Å²) < 4.78 is 0. The van der Waals surface area contributed by atoms with Crippen molar-refractivity contribution < 1.29 is 4.79 Å². The Morgan fingerprint density at radius 3 is 2.67 bits per heavy atom. The van der Waals surface area contributed by atoms with Gasteiger partial charge >= 0.3 is 0 Å². The van der Waals surface area contributed by atoms with E-state index in [-0.39, 0.29) is 5.91 Å². The van der Waals surface area contributed by atoms with E-state index in [9.17, 15) is 4.79 Å². The molecule has 0 spiro atoms. The van der Waals surface area contributed by atoms with Crippen LogP contribution in [0.4, 0.5) is 5.69 Å². The number of aromatic nitrogens is 1. The molecule has 1 fully saturated rings. The molecule has 0 aliphatic heterocycles. The van der Waals surface area contributed by atoms with Crippen LogP contribution in [0.3, 0.4) is 0 Å². The van der Waals surface area contributed by atoms with Crippen molar-refractivity contribution in [2.24, 2.45) is 0 Å². The van der Waals surface area contributed by atoms with Gasteiger partial charge in [-0.05, 0) is 50.2 Å². The number of carbonyl (C=O) groups excluding carboxylic acids is 1. The maximum absolute atomic E-state index is 12.6. The molecule has 0 unspecified atom stereocenters. The number of nitrogen functional groups attached to an aromatic ring is 1. The molecule has 0 saturated heterocycles. The van der Waals surface area contributed by atoms with Gasteiger partial charge in [-0.1, -0.05) is 25.7 Å². The van der Waals surface area contributed by atoms with E-state index in [2.05, 4.69) is 11.4 Å². The zero-order valence-electron chi connectivity index (χ0n) is 14.1. The van der Waals surface area contributed by atoms with Gasteiger partial charge in [0, 0.05) is 17.1 Å². The van der Waals surface area contributed by atoms with Crippen LogP contribution in [0.1, 0.15) is 72.3 Å². The minimum atomic E-state index is -0.0187. The standard InChI is InChI=1S/C19H25N3OS/c20-16-14-11-12-7-3-1-2-4-10-15(12)22-19(14)24-17(16)18(23)21-13-8-5-6-9-13/h11,13H,1-10,20H2,(H,21,23). The summed E-state index contributed by atoms with van der Waals surface area (Å²) in [6, 6.07) is 2.51. The number of hydrogen-bond acceptors (Lipinski definition) is 4. The van der Waals surface area contributed by atoms with Gasteiger partial charge in [-0.2, -0.15) is 0 Å². The van der Waals surface area contributed by atoms with E-state index < -0.39 is 0 Å². The molecule has 0 radical (unpaired) electrons. The van der Waals surface area contributed by atoms with Gasteiger partial charge in [0.2, 0.25) is 0 Å². The van der Waals surface area contributed by atoms with Crippen LogP contribution in [-0.4, -0.2) is 16.9 Å². The fourth-order valence-electron chi connectivity index (χ4n) is 4.00. The second kappa shape index (κ2) is 6.71. The fraction of sp³-hybridized carbons (Fsp3) is 0.579. The molecule has 3 N–H and O–H groups in total. The normalized spacial score (nSPS) is 19.0. The molecule has 0 atom stereocenters. The quantitative estimate of drug-likeness (QED) is 0.858. The molecule has 5 heteroatoms. The molecular weight excluding hydrogens is 318 g/mol. The molecule has 1 amide bonds. The lowest BCUT2D eigenvalue weighted by Gasteiger charge is -2.12. The summed E-state index contributed by atoms with van der Waals surface area (Å²) in [5.74, 6) is -0.0187. The molecule has 2 aromatic heterocycles. The molecule has 4 rings (SSSR count). The Balaban J connectivity index is 1.67. The van der Waals surface area contributed by atoms with Crippen molar-refractivity contribution in [3.05, 3.63) is 22.2 Å². The Kier molecular flexibility index (Phi) is 4.44. The van der Waals surface area contributed by atoms with Gasteiger partial charge in [-0.15, -0.1) is 11.3 Å². The minimum absolute atomic E-state index is 0.0187. The van der Waals surface area contributed by atoms with E-state index in [0.717, 1.165) is 35.9 Å². The van der Waals surface area contributed by atoms with Gasteiger partial charge < -0.3 is 11.1 Å². The van der Waals surface area contributed by atoms with Crippen molar-refractivity contribution in [2.45, 2.75) is 70.3 Å². The summed E-state index contributed by atoms with van der Waals surface area (Å²) in [5.41, 5.74) is 9.48. The lowest BCUT2D eigenvalue weighted by Crippen LogP contribution is -2.32. The number of thiophene rings is 1. The SMILES string of the molecule is Nc1c(C(=O)NC2CCCC2)sc2nc3c(cc12)CCCCCC3. The van der Waals surface area contributed by atoms with Crippen molar-refractivity contribution in [1.82, 2.24) is 10.3 Å². The number of carbonyl (C=O) groups is 1. The number of pyridine rings is 1. The fourth-order valence-corrected chi connectivity index (χ4v) is 5.00. The maximum Gasteiger partial charge on any atom is 0.263 e. The van der Waals surface area contributed by atoms with Crippen LogP contribution in [0.2, 0.25) is 0 Å². The second-order valence-electron chi connectivity index (χ2n) is 7.16. The largest absolute Gasteiger partial charge is 0.397 e. The van der Waals surface area contributed by atoms with Crippen molar-refractivity contribution in [3.8, 4) is 0 Å². The summed E-state index contributed by atoms with van der Waals surface area (Å²) in [4.78, 5) is 19.0. The Morgan fingerprint density at radius 1 is 1.12 bits per heavy atom. The highest BCUT2D eigenvalue weighted by molar-refractivity contribution is 7.21. The van der Waals surface area contributed by atoms with Crippen molar-refractivity contribution in [3.63, 3.8) is 0 Å². The van der Waals surface area contributed by atoms with Crippen LogP contribution in [0, 0.1) is 0 Å². The van der Waals surface area contributed by atoms with Gasteiger partial charge in [0.15, 0.2) is 0 Å². The molecule has 4 nitrogen and oxygen atoms in total. The average Bonchev–Trinajstić information content (AvgIpc) is 3.16. The molecule has 1 saturated carbocycles. The number of fused-ring (bicyclic) bond motifs is 2. The van der Waals surface area contributed by atoms with Crippen LogP contribution >= 0.6 is 11.3 Å². The third-order valence-corrected chi connectivity index (χ3v) is 6.51. The molecule has 24 heavy (non-hydrogen) atoms. The lowest BCUT2D eigenvalue weighted by atomic mass is 9.96. The first-order chi connectivity index (χ1) is 11.7. The summed E-state index contributed by atoms with van der Waals surface area (Å²) in [7, 11) is 0. The Morgan fingerprint density at radius 2 is 1.88 bits per heavy atom. The predicted octanol–water partition coefficient (Wildman–Crippen LogP) is 4.21. The number of rotatable bonds is 2. The summed E-state index contributed by atoms with van der Waals surface area (Å²) in [6.45, 7) is 0. The molecule has 0 bridgehead atoms. The number of amides is 1. The van der Waals surface area contributed by atoms with Crippen LogP contribution in [-0.2, 0) is 12.8 Å². The minimum Gasteiger partial charge on any atom is -0.397 e. The second-order valence-corrected chi connectivity index (χ2v) is 8.16. The van der Waals surface area contributed by atoms with Crippen LogP contribution in [0.5, 0.6) is 0 Å². The highest BCUT2D eigenvalue weighted by Crippen LogP contribution is 2.35. The van der Waals surface area contributed by atoms with Gasteiger partial charge in [-0.25, -0.2) is 4.98 Å². The van der Waals surface area contributed by atoms with Crippen LogP contribution in [0.25, 0.3) is 10.2 Å². The Labute approximate surface area is 146 Å². The number of aryl methyl sites for hydroxylation is 2. The molecule has 0 aromatic carbocycles. The first-order valence-electron chi connectivity index (χ1n) is 9.24. The van der Waals surface area contributed by atoms with Crippen LogP contribution < -0.4 is 11.1 Å². The third-order valence-electron chi connectivity index (χ3n) is 5.40. The number of hydrogen-bond donors (Lipinski definition) is 2. The average molecular weight is 343 g/mol. The van der Waals surface area contributed by atoms with E-state index in [1.54, 1.807) is 0 Å². The Hall–Kier alpha value is -1.62. The van der Waals surface area contributed by atoms with Gasteiger partial charge in [0.1, 0.15) is 9.71 Å². The lowest BCUT2D eigenvalue weighted by molar-refractivity contribution is 0.0943. The summed E-state index contributed by atoms with van der Waals surface area (Å²) in [6.07, 6.45) is 11.7. The zero-order chi connectivity index (χ0) is 16.5. The zero-order valence-corrected chi connectivity index (χ0v) is 14.9. The Bertz CT molecular complexity index is 762. The highest BCUT2D eigenvalue weighted by Gasteiger charge is 2.23. The van der Waals surface area contributed by atoms with Crippen LogP contribution in [0.15, 0.2) is 6.07 Å². The van der Waals surface area contributed by atoms with Crippen molar-refractivity contribution in [2.75, 3.05) is 5.73 Å². The molecular formula is C19H25N3OS. The number of nitrogens with zero attached hydrogens (tertiary/aromatic N) is 1. The molecule has 2 aliphatic carbocycles. The van der Waals surface area contributed by atoms with E-state index >= 15 is 0 Å². The third kappa shape index (κ3) is 3.02. The number of anilines is 1. The summed E-state index contributed by atoms with van der Waals surface area (Å²) >= 11 is 1.45. The number of nitrogens with one attached hydrogen (secondary N) is 1. The van der Waals surface area contributed by atoms with Gasteiger partial charge in [0.25, 0.3) is 5.91 Å². The molecule has 128 valence electrons.